The van der Waals surface area contributed by atoms with Crippen LogP contribution < -0.4 is 0 Å². The predicted molar refractivity (Wildman–Crippen MR) is 61.7 cm³/mol. The molecule has 1 aromatic rings. The molecule has 0 spiro atoms. The second kappa shape index (κ2) is 4.37. The lowest BCUT2D eigenvalue weighted by Crippen LogP contribution is -2.32. The molecule has 4 heteroatoms. The fourth-order valence-electron chi connectivity index (χ4n) is 2.35. The molecule has 0 bridgehead atoms. The molecule has 2 heterocycles. The molecule has 0 saturated carbocycles. The van der Waals surface area contributed by atoms with Crippen molar-refractivity contribution in [2.24, 2.45) is 0 Å². The Morgan fingerprint density at radius 3 is 2.56 bits per heavy atom. The molecule has 78 valence electrons. The standard InChI is InChI=1S/C12H12BN3/c14-9-12(11-2-1-7-16-8-11)3-5-13(10-15)6-4-12/h1-2,7-8H,3-6H2. The molecular formula is C12H12BN3. The van der Waals surface area contributed by atoms with Gasteiger partial charge in [-0.25, -0.2) is 5.26 Å². The summed E-state index contributed by atoms with van der Waals surface area (Å²) in [6, 6.07) is 6.26. The van der Waals surface area contributed by atoms with Crippen molar-refractivity contribution in [3.05, 3.63) is 30.1 Å². The van der Waals surface area contributed by atoms with E-state index in [9.17, 15) is 5.26 Å². The molecule has 0 unspecified atom stereocenters. The van der Waals surface area contributed by atoms with Gasteiger partial charge in [-0.2, -0.15) is 5.26 Å². The number of pyridine rings is 1. The van der Waals surface area contributed by atoms with Crippen LogP contribution >= 0.6 is 0 Å². The summed E-state index contributed by atoms with van der Waals surface area (Å²) >= 11 is 0. The van der Waals surface area contributed by atoms with E-state index in [1.165, 1.54) is 0 Å². The van der Waals surface area contributed by atoms with Gasteiger partial charge in [0.1, 0.15) is 0 Å². The first-order valence-electron chi connectivity index (χ1n) is 5.52. The molecule has 1 saturated heterocycles. The molecular weight excluding hydrogens is 197 g/mol. The van der Waals surface area contributed by atoms with Crippen LogP contribution in [0.1, 0.15) is 18.4 Å². The molecule has 1 aliphatic rings. The summed E-state index contributed by atoms with van der Waals surface area (Å²) in [5.74, 6) is 2.29. The van der Waals surface area contributed by atoms with Gasteiger partial charge in [-0.3, -0.25) is 4.98 Å². The minimum Gasteiger partial charge on any atom is -0.264 e. The Bertz CT molecular complexity index is 436. The molecule has 0 amide bonds. The van der Waals surface area contributed by atoms with Crippen molar-refractivity contribution in [2.75, 3.05) is 0 Å². The largest absolute Gasteiger partial charge is 0.267 e. The molecule has 0 radical (unpaired) electrons. The maximum absolute atomic E-state index is 9.39. The smallest absolute Gasteiger partial charge is 0.264 e. The first-order valence-corrected chi connectivity index (χ1v) is 5.52. The summed E-state index contributed by atoms with van der Waals surface area (Å²) < 4.78 is 0. The normalized spacial score (nSPS) is 18.5. The van der Waals surface area contributed by atoms with Gasteiger partial charge in [0, 0.05) is 18.4 Å². The molecule has 0 atom stereocenters. The Labute approximate surface area is 95.8 Å². The molecule has 2 rings (SSSR count). The molecule has 3 nitrogen and oxygen atoms in total. The molecule has 0 N–H and O–H groups in total. The van der Waals surface area contributed by atoms with Gasteiger partial charge in [0.05, 0.1) is 11.5 Å². The van der Waals surface area contributed by atoms with Gasteiger partial charge in [0.15, 0.2) is 0 Å². The number of hydrogen-bond donors (Lipinski definition) is 0. The van der Waals surface area contributed by atoms with Crippen molar-refractivity contribution in [1.29, 1.82) is 10.5 Å². The zero-order valence-corrected chi connectivity index (χ0v) is 9.06. The fourth-order valence-corrected chi connectivity index (χ4v) is 2.35. The van der Waals surface area contributed by atoms with Crippen molar-refractivity contribution in [3.8, 4) is 12.0 Å². The lowest BCUT2D eigenvalue weighted by Gasteiger charge is -2.31. The second-order valence-electron chi connectivity index (χ2n) is 4.34. The number of nitriles is 2. The average Bonchev–Trinajstić information content (AvgIpc) is 2.40. The molecule has 0 aliphatic carbocycles. The summed E-state index contributed by atoms with van der Waals surface area (Å²) in [7, 11) is 0. The zero-order chi connectivity index (χ0) is 11.4. The third-order valence-electron chi connectivity index (χ3n) is 3.45. The lowest BCUT2D eigenvalue weighted by molar-refractivity contribution is 0.487. The summed E-state index contributed by atoms with van der Waals surface area (Å²) in [5.41, 5.74) is 0.579. The summed E-state index contributed by atoms with van der Waals surface area (Å²) in [6.45, 7) is 0.123. The van der Waals surface area contributed by atoms with Gasteiger partial charge in [0.2, 0.25) is 0 Å². The Kier molecular flexibility index (Phi) is 2.92. The van der Waals surface area contributed by atoms with Crippen LogP contribution in [0, 0.1) is 22.6 Å². The monoisotopic (exact) mass is 209 g/mol. The molecule has 1 aromatic heterocycles. The van der Waals surface area contributed by atoms with E-state index in [4.69, 9.17) is 5.26 Å². The van der Waals surface area contributed by atoms with Crippen LogP contribution in [0.5, 0.6) is 0 Å². The fraction of sp³-hybridized carbons (Fsp3) is 0.417. The summed E-state index contributed by atoms with van der Waals surface area (Å²) in [6.07, 6.45) is 6.67. The SMILES string of the molecule is N#CB1CCC(C#N)(c2cccnc2)CC1. The van der Waals surface area contributed by atoms with E-state index in [-0.39, 0.29) is 6.71 Å². The van der Waals surface area contributed by atoms with Crippen molar-refractivity contribution >= 4 is 6.71 Å². The zero-order valence-electron chi connectivity index (χ0n) is 9.06. The van der Waals surface area contributed by atoms with Gasteiger partial charge in [0.25, 0.3) is 6.71 Å². The van der Waals surface area contributed by atoms with Gasteiger partial charge in [-0.1, -0.05) is 18.7 Å². The molecule has 1 fully saturated rings. The highest BCUT2D eigenvalue weighted by Crippen LogP contribution is 2.38. The third-order valence-corrected chi connectivity index (χ3v) is 3.45. The first-order chi connectivity index (χ1) is 7.80. The van der Waals surface area contributed by atoms with E-state index in [1.54, 1.807) is 12.4 Å². The van der Waals surface area contributed by atoms with Crippen LogP contribution in [-0.4, -0.2) is 11.7 Å². The maximum atomic E-state index is 9.39. The number of nitrogens with zero attached hydrogens (tertiary/aromatic N) is 3. The van der Waals surface area contributed by atoms with Crippen molar-refractivity contribution in [3.63, 3.8) is 0 Å². The maximum Gasteiger partial charge on any atom is 0.267 e. The van der Waals surface area contributed by atoms with Crippen LogP contribution in [-0.2, 0) is 5.41 Å². The van der Waals surface area contributed by atoms with Crippen LogP contribution in [0.4, 0.5) is 0 Å². The van der Waals surface area contributed by atoms with E-state index >= 15 is 0 Å². The van der Waals surface area contributed by atoms with Crippen molar-refractivity contribution < 1.29 is 0 Å². The minimum absolute atomic E-state index is 0.123. The van der Waals surface area contributed by atoms with Gasteiger partial charge < -0.3 is 0 Å². The minimum atomic E-state index is -0.415. The van der Waals surface area contributed by atoms with E-state index in [0.717, 1.165) is 31.0 Å². The second-order valence-corrected chi connectivity index (χ2v) is 4.34. The van der Waals surface area contributed by atoms with Crippen LogP contribution in [0.25, 0.3) is 0 Å². The van der Waals surface area contributed by atoms with E-state index < -0.39 is 5.41 Å². The van der Waals surface area contributed by atoms with Gasteiger partial charge in [-0.05, 0) is 24.5 Å². The van der Waals surface area contributed by atoms with E-state index in [2.05, 4.69) is 17.0 Å². The van der Waals surface area contributed by atoms with E-state index in [0.29, 0.717) is 0 Å². The predicted octanol–water partition coefficient (Wildman–Crippen LogP) is 2.19. The number of aromatic nitrogens is 1. The molecule has 16 heavy (non-hydrogen) atoms. The number of rotatable bonds is 1. The summed E-state index contributed by atoms with van der Waals surface area (Å²) in [4.78, 5) is 4.08. The first kappa shape index (κ1) is 10.7. The topological polar surface area (TPSA) is 60.5 Å². The highest BCUT2D eigenvalue weighted by molar-refractivity contribution is 6.67. The van der Waals surface area contributed by atoms with Crippen LogP contribution in [0.2, 0.25) is 12.6 Å². The molecule has 0 aromatic carbocycles. The van der Waals surface area contributed by atoms with Crippen molar-refractivity contribution in [2.45, 2.75) is 30.9 Å². The Hall–Kier alpha value is -1.81. The lowest BCUT2D eigenvalue weighted by atomic mass is 9.39. The number of hydrogen-bond acceptors (Lipinski definition) is 3. The van der Waals surface area contributed by atoms with Gasteiger partial charge >= 0.3 is 0 Å². The molecule has 1 aliphatic heterocycles. The quantitative estimate of drug-likeness (QED) is 0.666. The average molecular weight is 209 g/mol. The highest BCUT2D eigenvalue weighted by Gasteiger charge is 2.38. The van der Waals surface area contributed by atoms with E-state index in [1.807, 2.05) is 12.1 Å². The van der Waals surface area contributed by atoms with Crippen LogP contribution in [0.15, 0.2) is 24.5 Å². The Morgan fingerprint density at radius 2 is 2.06 bits per heavy atom. The summed E-state index contributed by atoms with van der Waals surface area (Å²) in [5, 5.41) is 18.3. The Balaban J connectivity index is 2.24. The van der Waals surface area contributed by atoms with Crippen molar-refractivity contribution in [1.82, 2.24) is 4.98 Å². The third kappa shape index (κ3) is 1.79. The Morgan fingerprint density at radius 1 is 1.31 bits per heavy atom. The van der Waals surface area contributed by atoms with Gasteiger partial charge in [-0.15, -0.1) is 0 Å². The highest BCUT2D eigenvalue weighted by atomic mass is 14.6. The van der Waals surface area contributed by atoms with Crippen LogP contribution in [0.3, 0.4) is 0 Å².